The van der Waals surface area contributed by atoms with Gasteiger partial charge in [0.1, 0.15) is 0 Å². The van der Waals surface area contributed by atoms with Crippen molar-refractivity contribution >= 4 is 5.69 Å². The van der Waals surface area contributed by atoms with E-state index in [4.69, 9.17) is 11.0 Å². The van der Waals surface area contributed by atoms with Crippen molar-refractivity contribution in [1.82, 2.24) is 4.90 Å². The van der Waals surface area contributed by atoms with Gasteiger partial charge in [-0.1, -0.05) is 18.2 Å². The molecule has 0 spiro atoms. The van der Waals surface area contributed by atoms with Crippen LogP contribution in [0, 0.1) is 11.3 Å². The molecule has 1 aromatic rings. The lowest BCUT2D eigenvalue weighted by atomic mass is 10.1. The lowest BCUT2D eigenvalue weighted by molar-refractivity contribution is 0.295. The molecule has 3 nitrogen and oxygen atoms in total. The van der Waals surface area contributed by atoms with Crippen molar-refractivity contribution in [2.24, 2.45) is 0 Å². The maximum absolute atomic E-state index is 8.73. The summed E-state index contributed by atoms with van der Waals surface area (Å²) in [6.07, 6.45) is 0. The third kappa shape index (κ3) is 2.48. The maximum Gasteiger partial charge on any atom is 0.0949 e. The van der Waals surface area contributed by atoms with E-state index in [-0.39, 0.29) is 6.04 Å². The molecule has 3 heteroatoms. The summed E-state index contributed by atoms with van der Waals surface area (Å²) in [6, 6.07) is 9.82. The molecule has 0 amide bonds. The monoisotopic (exact) mass is 189 g/mol. The Kier molecular flexibility index (Phi) is 3.49. The van der Waals surface area contributed by atoms with Gasteiger partial charge in [0.2, 0.25) is 0 Å². The van der Waals surface area contributed by atoms with Crippen LogP contribution in [0.4, 0.5) is 5.69 Å². The zero-order chi connectivity index (χ0) is 10.6. The van der Waals surface area contributed by atoms with Crippen LogP contribution in [0.5, 0.6) is 0 Å². The minimum absolute atomic E-state index is 0.0883. The lowest BCUT2D eigenvalue weighted by Crippen LogP contribution is -2.27. The summed E-state index contributed by atoms with van der Waals surface area (Å²) in [4.78, 5) is 1.96. The van der Waals surface area contributed by atoms with Crippen LogP contribution in [0.25, 0.3) is 0 Å². The number of hydrogen-bond donors (Lipinski definition) is 1. The van der Waals surface area contributed by atoms with E-state index in [9.17, 15) is 0 Å². The van der Waals surface area contributed by atoms with Gasteiger partial charge < -0.3 is 5.73 Å². The predicted molar refractivity (Wildman–Crippen MR) is 57.4 cm³/mol. The molecule has 0 fully saturated rings. The molecule has 0 aromatic heterocycles. The highest BCUT2D eigenvalue weighted by Gasteiger charge is 2.08. The molecule has 0 radical (unpaired) electrons. The van der Waals surface area contributed by atoms with E-state index < -0.39 is 0 Å². The summed E-state index contributed by atoms with van der Waals surface area (Å²) in [6.45, 7) is 2.58. The van der Waals surface area contributed by atoms with E-state index in [1.807, 2.05) is 43.1 Å². The summed E-state index contributed by atoms with van der Waals surface area (Å²) in [7, 11) is 1.92. The van der Waals surface area contributed by atoms with E-state index in [0.29, 0.717) is 6.54 Å². The molecule has 0 heterocycles. The molecule has 0 saturated heterocycles. The maximum atomic E-state index is 8.73. The molecular formula is C11H15N3. The van der Waals surface area contributed by atoms with Gasteiger partial charge in [-0.05, 0) is 25.6 Å². The number of para-hydroxylation sites is 1. The highest BCUT2D eigenvalue weighted by atomic mass is 15.1. The Morgan fingerprint density at radius 2 is 2.14 bits per heavy atom. The molecule has 74 valence electrons. The standard InChI is InChI=1S/C11H15N3/c1-9(7-12)14(2)8-10-5-3-4-6-11(10)13/h3-6,9H,8,13H2,1-2H3. The van der Waals surface area contributed by atoms with Gasteiger partial charge in [-0.25, -0.2) is 0 Å². The van der Waals surface area contributed by atoms with Crippen LogP contribution in [0.15, 0.2) is 24.3 Å². The Hall–Kier alpha value is -1.53. The second kappa shape index (κ2) is 4.64. The number of nitrogens with two attached hydrogens (primary N) is 1. The van der Waals surface area contributed by atoms with Crippen LogP contribution in [0.3, 0.4) is 0 Å². The Morgan fingerprint density at radius 3 is 2.71 bits per heavy atom. The van der Waals surface area contributed by atoms with Gasteiger partial charge in [-0.15, -0.1) is 0 Å². The summed E-state index contributed by atoms with van der Waals surface area (Å²) in [5.41, 5.74) is 7.65. The molecule has 1 rings (SSSR count). The van der Waals surface area contributed by atoms with Crippen molar-refractivity contribution in [2.75, 3.05) is 12.8 Å². The topological polar surface area (TPSA) is 53.0 Å². The van der Waals surface area contributed by atoms with Gasteiger partial charge in [-0.3, -0.25) is 4.90 Å². The Balaban J connectivity index is 2.70. The first-order chi connectivity index (χ1) is 6.65. The second-order valence-electron chi connectivity index (χ2n) is 3.42. The third-order valence-corrected chi connectivity index (χ3v) is 2.32. The van der Waals surface area contributed by atoms with Crippen LogP contribution in [-0.4, -0.2) is 18.0 Å². The minimum atomic E-state index is -0.0883. The molecule has 0 bridgehead atoms. The largest absolute Gasteiger partial charge is 0.398 e. The van der Waals surface area contributed by atoms with Crippen molar-refractivity contribution in [2.45, 2.75) is 19.5 Å². The fourth-order valence-corrected chi connectivity index (χ4v) is 1.18. The highest BCUT2D eigenvalue weighted by molar-refractivity contribution is 5.46. The van der Waals surface area contributed by atoms with Crippen molar-refractivity contribution in [3.05, 3.63) is 29.8 Å². The number of anilines is 1. The molecule has 1 atom stereocenters. The molecular weight excluding hydrogens is 174 g/mol. The molecule has 14 heavy (non-hydrogen) atoms. The second-order valence-corrected chi connectivity index (χ2v) is 3.42. The van der Waals surface area contributed by atoms with E-state index in [0.717, 1.165) is 11.3 Å². The first-order valence-electron chi connectivity index (χ1n) is 4.58. The minimum Gasteiger partial charge on any atom is -0.398 e. The van der Waals surface area contributed by atoms with E-state index >= 15 is 0 Å². The normalized spacial score (nSPS) is 12.4. The van der Waals surface area contributed by atoms with Crippen LogP contribution < -0.4 is 5.73 Å². The first kappa shape index (κ1) is 10.6. The quantitative estimate of drug-likeness (QED) is 0.735. The van der Waals surface area contributed by atoms with Crippen LogP contribution in [-0.2, 0) is 6.54 Å². The SMILES string of the molecule is CC(C#N)N(C)Cc1ccccc1N. The van der Waals surface area contributed by atoms with E-state index in [1.54, 1.807) is 0 Å². The number of nitriles is 1. The fourth-order valence-electron chi connectivity index (χ4n) is 1.18. The number of hydrogen-bond acceptors (Lipinski definition) is 3. The number of nitrogen functional groups attached to an aromatic ring is 1. The number of nitrogens with zero attached hydrogens (tertiary/aromatic N) is 2. The molecule has 0 aliphatic rings. The van der Waals surface area contributed by atoms with Gasteiger partial charge in [-0.2, -0.15) is 5.26 Å². The average molecular weight is 189 g/mol. The fraction of sp³-hybridized carbons (Fsp3) is 0.364. The average Bonchev–Trinajstić information content (AvgIpc) is 2.20. The van der Waals surface area contributed by atoms with Gasteiger partial charge in [0.05, 0.1) is 12.1 Å². The first-order valence-corrected chi connectivity index (χ1v) is 4.58. The van der Waals surface area contributed by atoms with Crippen LogP contribution >= 0.6 is 0 Å². The zero-order valence-corrected chi connectivity index (χ0v) is 8.57. The summed E-state index contributed by atoms with van der Waals surface area (Å²) in [5.74, 6) is 0. The smallest absolute Gasteiger partial charge is 0.0949 e. The Labute approximate surface area is 84.7 Å². The van der Waals surface area contributed by atoms with Gasteiger partial charge in [0.25, 0.3) is 0 Å². The van der Waals surface area contributed by atoms with Crippen molar-refractivity contribution in [1.29, 1.82) is 5.26 Å². The van der Waals surface area contributed by atoms with Crippen LogP contribution in [0.2, 0.25) is 0 Å². The third-order valence-electron chi connectivity index (χ3n) is 2.32. The molecule has 2 N–H and O–H groups in total. The van der Waals surface area contributed by atoms with Crippen molar-refractivity contribution in [3.63, 3.8) is 0 Å². The Morgan fingerprint density at radius 1 is 1.50 bits per heavy atom. The number of rotatable bonds is 3. The number of benzene rings is 1. The van der Waals surface area contributed by atoms with Gasteiger partial charge in [0.15, 0.2) is 0 Å². The summed E-state index contributed by atoms with van der Waals surface area (Å²) < 4.78 is 0. The molecule has 0 aliphatic carbocycles. The summed E-state index contributed by atoms with van der Waals surface area (Å²) in [5, 5.41) is 8.73. The van der Waals surface area contributed by atoms with Gasteiger partial charge >= 0.3 is 0 Å². The molecule has 1 aromatic carbocycles. The predicted octanol–water partition coefficient (Wildman–Crippen LogP) is 1.61. The molecule has 0 saturated carbocycles. The Bertz CT molecular complexity index is 341. The summed E-state index contributed by atoms with van der Waals surface area (Å²) >= 11 is 0. The molecule has 1 unspecified atom stereocenters. The van der Waals surface area contributed by atoms with E-state index in [2.05, 4.69) is 6.07 Å². The lowest BCUT2D eigenvalue weighted by Gasteiger charge is -2.19. The van der Waals surface area contributed by atoms with Crippen molar-refractivity contribution in [3.8, 4) is 6.07 Å². The van der Waals surface area contributed by atoms with Gasteiger partial charge in [0, 0.05) is 12.2 Å². The highest BCUT2D eigenvalue weighted by Crippen LogP contribution is 2.13. The zero-order valence-electron chi connectivity index (χ0n) is 8.57. The van der Waals surface area contributed by atoms with Crippen molar-refractivity contribution < 1.29 is 0 Å². The molecule has 0 aliphatic heterocycles. The van der Waals surface area contributed by atoms with Crippen LogP contribution in [0.1, 0.15) is 12.5 Å². The van der Waals surface area contributed by atoms with E-state index in [1.165, 1.54) is 0 Å².